The van der Waals surface area contributed by atoms with E-state index in [0.717, 1.165) is 57.9 Å². The van der Waals surface area contributed by atoms with Gasteiger partial charge in [-0.05, 0) is 43.2 Å². The number of rotatable bonds is 5. The zero-order valence-corrected chi connectivity index (χ0v) is 17.6. The van der Waals surface area contributed by atoms with Crippen molar-refractivity contribution in [3.8, 4) is 0 Å². The molecule has 0 aromatic carbocycles. The van der Waals surface area contributed by atoms with E-state index in [0.29, 0.717) is 13.0 Å². The van der Waals surface area contributed by atoms with Crippen molar-refractivity contribution < 1.29 is 14.3 Å². The molecular weight excluding hydrogens is 376 g/mol. The molecule has 1 N–H and O–H groups in total. The minimum atomic E-state index is -0.123. The number of methoxy groups -OCH3 is 1. The van der Waals surface area contributed by atoms with E-state index in [9.17, 15) is 9.59 Å². The topological polar surface area (TPSA) is 74.2 Å². The normalized spacial score (nSPS) is 18.0. The molecule has 1 amide bonds. The van der Waals surface area contributed by atoms with Crippen LogP contribution in [0, 0.1) is 5.92 Å². The van der Waals surface area contributed by atoms with E-state index in [1.54, 1.807) is 11.3 Å². The molecule has 3 rings (SSSR count). The molecule has 0 bridgehead atoms. The molecule has 0 aliphatic carbocycles. The Morgan fingerprint density at radius 3 is 2.79 bits per heavy atom. The number of likely N-dealkylation sites (tertiary alicyclic amines) is 1. The third-order valence-electron chi connectivity index (χ3n) is 5.41. The fourth-order valence-electron chi connectivity index (χ4n) is 3.80. The van der Waals surface area contributed by atoms with Crippen LogP contribution in [-0.4, -0.2) is 67.5 Å². The highest BCUT2D eigenvalue weighted by atomic mass is 32.1. The van der Waals surface area contributed by atoms with Gasteiger partial charge in [-0.1, -0.05) is 0 Å². The maximum atomic E-state index is 12.6. The van der Waals surface area contributed by atoms with Crippen LogP contribution in [0.3, 0.4) is 0 Å². The number of nitrogens with zero attached hydrogens (tertiary/aromatic N) is 3. The van der Waals surface area contributed by atoms with E-state index in [-0.39, 0.29) is 17.8 Å². The van der Waals surface area contributed by atoms with Crippen molar-refractivity contribution in [3.05, 3.63) is 21.9 Å². The Labute approximate surface area is 170 Å². The number of amides is 1. The molecule has 2 aliphatic heterocycles. The minimum Gasteiger partial charge on any atom is -0.469 e. The molecule has 0 spiro atoms. The summed E-state index contributed by atoms with van der Waals surface area (Å²) in [6, 6.07) is 2.12. The highest BCUT2D eigenvalue weighted by Gasteiger charge is 2.27. The van der Waals surface area contributed by atoms with Crippen molar-refractivity contribution in [2.45, 2.75) is 39.2 Å². The molecule has 1 fully saturated rings. The Morgan fingerprint density at radius 2 is 2.07 bits per heavy atom. The molecule has 0 radical (unpaired) electrons. The Kier molecular flexibility index (Phi) is 7.30. The van der Waals surface area contributed by atoms with Gasteiger partial charge in [-0.25, -0.2) is 0 Å². The second-order valence-electron chi connectivity index (χ2n) is 7.20. The standard InChI is InChI=1S/C20H30N4O3S/c1-3-21-20(23-10-5-15(6-11-23)19(26)27-2)22-9-4-18(25)24-12-7-17-16(14-24)8-13-28-17/h8,13,15H,3-7,9-12,14H2,1-2H3,(H,21,22). The number of fused-ring (bicyclic) bond motifs is 1. The maximum absolute atomic E-state index is 12.6. The number of carbonyl (C=O) groups is 2. The number of nitrogens with one attached hydrogen (secondary N) is 1. The second-order valence-corrected chi connectivity index (χ2v) is 8.21. The monoisotopic (exact) mass is 406 g/mol. The number of guanidine groups is 1. The molecule has 28 heavy (non-hydrogen) atoms. The molecule has 0 saturated carbocycles. The Bertz CT molecular complexity index is 710. The van der Waals surface area contributed by atoms with E-state index in [1.165, 1.54) is 17.6 Å². The van der Waals surface area contributed by atoms with Crippen LogP contribution in [0.2, 0.25) is 0 Å². The van der Waals surface area contributed by atoms with Crippen molar-refractivity contribution in [1.29, 1.82) is 0 Å². The van der Waals surface area contributed by atoms with Crippen LogP contribution in [0.5, 0.6) is 0 Å². The lowest BCUT2D eigenvalue weighted by Crippen LogP contribution is -2.46. The number of piperidine rings is 1. The Balaban J connectivity index is 1.49. The van der Waals surface area contributed by atoms with Gasteiger partial charge in [-0.15, -0.1) is 11.3 Å². The number of carbonyl (C=O) groups excluding carboxylic acids is 2. The summed E-state index contributed by atoms with van der Waals surface area (Å²) in [7, 11) is 1.44. The fourth-order valence-corrected chi connectivity index (χ4v) is 4.69. The van der Waals surface area contributed by atoms with Crippen LogP contribution in [0.4, 0.5) is 0 Å². The van der Waals surface area contributed by atoms with Gasteiger partial charge in [0.1, 0.15) is 0 Å². The zero-order chi connectivity index (χ0) is 19.9. The summed E-state index contributed by atoms with van der Waals surface area (Å²) in [6.45, 7) is 6.36. The average molecular weight is 407 g/mol. The molecule has 154 valence electrons. The van der Waals surface area contributed by atoms with Gasteiger partial charge < -0.3 is 19.9 Å². The fraction of sp³-hybridized carbons (Fsp3) is 0.650. The Morgan fingerprint density at radius 1 is 1.29 bits per heavy atom. The van der Waals surface area contributed by atoms with Crippen LogP contribution in [0.1, 0.15) is 36.6 Å². The van der Waals surface area contributed by atoms with Crippen molar-refractivity contribution in [1.82, 2.24) is 15.1 Å². The van der Waals surface area contributed by atoms with E-state index in [2.05, 4.69) is 26.7 Å². The molecule has 1 saturated heterocycles. The van der Waals surface area contributed by atoms with Crippen LogP contribution in [0.15, 0.2) is 16.4 Å². The lowest BCUT2D eigenvalue weighted by molar-refractivity contribution is -0.146. The Hall–Kier alpha value is -2.09. The van der Waals surface area contributed by atoms with Crippen molar-refractivity contribution in [3.63, 3.8) is 0 Å². The van der Waals surface area contributed by atoms with Gasteiger partial charge in [0, 0.05) is 44.0 Å². The summed E-state index contributed by atoms with van der Waals surface area (Å²) in [5.74, 6) is 0.854. The van der Waals surface area contributed by atoms with Gasteiger partial charge in [0.05, 0.1) is 19.6 Å². The summed E-state index contributed by atoms with van der Waals surface area (Å²) in [5, 5.41) is 5.42. The van der Waals surface area contributed by atoms with Crippen LogP contribution in [-0.2, 0) is 27.3 Å². The summed E-state index contributed by atoms with van der Waals surface area (Å²) in [6.07, 6.45) is 2.92. The van der Waals surface area contributed by atoms with Crippen LogP contribution >= 0.6 is 11.3 Å². The van der Waals surface area contributed by atoms with Gasteiger partial charge in [-0.2, -0.15) is 0 Å². The number of esters is 1. The third-order valence-corrected chi connectivity index (χ3v) is 6.43. The molecule has 1 aromatic heterocycles. The summed E-state index contributed by atoms with van der Waals surface area (Å²) >= 11 is 1.78. The number of thiophene rings is 1. The molecule has 2 aliphatic rings. The predicted octanol–water partition coefficient (Wildman–Crippen LogP) is 1.87. The van der Waals surface area contributed by atoms with Crippen LogP contribution < -0.4 is 5.32 Å². The van der Waals surface area contributed by atoms with Gasteiger partial charge in [-0.3, -0.25) is 14.6 Å². The molecule has 7 nitrogen and oxygen atoms in total. The molecule has 0 unspecified atom stereocenters. The van der Waals surface area contributed by atoms with E-state index < -0.39 is 0 Å². The van der Waals surface area contributed by atoms with E-state index >= 15 is 0 Å². The first kappa shape index (κ1) is 20.6. The molecule has 8 heteroatoms. The highest BCUT2D eigenvalue weighted by Crippen LogP contribution is 2.24. The largest absolute Gasteiger partial charge is 0.469 e. The SMILES string of the molecule is CCNC(=NCCC(=O)N1CCc2sccc2C1)N1CCC(C(=O)OC)CC1. The van der Waals surface area contributed by atoms with Gasteiger partial charge >= 0.3 is 5.97 Å². The zero-order valence-electron chi connectivity index (χ0n) is 16.8. The lowest BCUT2D eigenvalue weighted by Gasteiger charge is -2.33. The summed E-state index contributed by atoms with van der Waals surface area (Å²) in [4.78, 5) is 34.5. The van der Waals surface area contributed by atoms with Crippen molar-refractivity contribution in [2.24, 2.45) is 10.9 Å². The van der Waals surface area contributed by atoms with E-state index in [1.807, 2.05) is 11.8 Å². The first-order valence-electron chi connectivity index (χ1n) is 10.1. The number of ether oxygens (including phenoxy) is 1. The van der Waals surface area contributed by atoms with Crippen molar-refractivity contribution >= 4 is 29.2 Å². The summed E-state index contributed by atoms with van der Waals surface area (Å²) in [5.41, 5.74) is 1.29. The smallest absolute Gasteiger partial charge is 0.308 e. The van der Waals surface area contributed by atoms with Gasteiger partial charge in [0.25, 0.3) is 0 Å². The first-order chi connectivity index (χ1) is 13.6. The molecule has 1 aromatic rings. The number of aliphatic imine (C=N–C) groups is 1. The second kappa shape index (κ2) is 9.91. The highest BCUT2D eigenvalue weighted by molar-refractivity contribution is 7.10. The maximum Gasteiger partial charge on any atom is 0.308 e. The van der Waals surface area contributed by atoms with Gasteiger partial charge in [0.15, 0.2) is 5.96 Å². The van der Waals surface area contributed by atoms with Crippen molar-refractivity contribution in [2.75, 3.05) is 39.8 Å². The number of hydrogen-bond acceptors (Lipinski definition) is 5. The number of hydrogen-bond donors (Lipinski definition) is 1. The summed E-state index contributed by atoms with van der Waals surface area (Å²) < 4.78 is 4.85. The molecule has 0 atom stereocenters. The van der Waals surface area contributed by atoms with E-state index in [4.69, 9.17) is 4.74 Å². The lowest BCUT2D eigenvalue weighted by atomic mass is 9.97. The predicted molar refractivity (Wildman–Crippen MR) is 110 cm³/mol. The molecule has 3 heterocycles. The van der Waals surface area contributed by atoms with Gasteiger partial charge in [0.2, 0.25) is 5.91 Å². The average Bonchev–Trinajstić information content (AvgIpc) is 3.20. The first-order valence-corrected chi connectivity index (χ1v) is 10.9. The third kappa shape index (κ3) is 5.04. The van der Waals surface area contributed by atoms with Crippen LogP contribution in [0.25, 0.3) is 0 Å². The molecular formula is C20H30N4O3S. The quantitative estimate of drug-likeness (QED) is 0.459. The minimum absolute atomic E-state index is 0.0215.